The monoisotopic (exact) mass is 833 g/mol. The molecule has 0 aliphatic carbocycles. The first-order valence-electron chi connectivity index (χ1n) is 18.7. The van der Waals surface area contributed by atoms with Crippen molar-refractivity contribution in [1.82, 2.24) is 19.4 Å². The summed E-state index contributed by atoms with van der Waals surface area (Å²) in [6.07, 6.45) is -8.30. The Balaban J connectivity index is 0.000000703. The number of hydrogen-bond acceptors (Lipinski definition) is 9. The standard InChI is InChI=1S/C39H37F4N5O2.C4H6O6/c1-3-46(4-2)21-22-47(25-28-9-13-29(14-10-28)30-15-17-32(18-16-30)39(41,42)43)37(49)26-48-35-8-6-5-7-33(35)38(50)45-36(48)20-12-27-11-19-34(40)31(23-27)24-44;5-1(3(7)8)2(6)4(9)10/h5-11,13-19,23H,3-4,12,20-22,25-26H2,1-2H3;1-2,5-6H,(H,7,8)(H,9,10)/t;1-,2-/m.1/s1. The summed E-state index contributed by atoms with van der Waals surface area (Å²) in [7, 11) is 0. The van der Waals surface area contributed by atoms with E-state index in [1.165, 1.54) is 24.3 Å². The summed E-state index contributed by atoms with van der Waals surface area (Å²) in [5, 5.41) is 42.2. The van der Waals surface area contributed by atoms with Crippen LogP contribution < -0.4 is 5.56 Å². The lowest BCUT2D eigenvalue weighted by atomic mass is 10.0. The molecule has 17 heteroatoms. The lowest BCUT2D eigenvalue weighted by Gasteiger charge is -2.28. The molecule has 0 aliphatic rings. The van der Waals surface area contributed by atoms with Crippen LogP contribution in [0.15, 0.2) is 95.8 Å². The van der Waals surface area contributed by atoms with Crippen LogP contribution in [-0.2, 0) is 46.5 Å². The van der Waals surface area contributed by atoms with Gasteiger partial charge in [0, 0.05) is 26.1 Å². The second kappa shape index (κ2) is 21.0. The van der Waals surface area contributed by atoms with Crippen LogP contribution in [0.2, 0.25) is 0 Å². The van der Waals surface area contributed by atoms with E-state index in [-0.39, 0.29) is 24.4 Å². The molecule has 60 heavy (non-hydrogen) atoms. The number of para-hydroxylation sites is 1. The molecule has 0 bridgehead atoms. The van der Waals surface area contributed by atoms with Crippen LogP contribution >= 0.6 is 0 Å². The first kappa shape index (κ1) is 46.2. The number of carboxylic acid groups (broad SMARTS) is 2. The number of amides is 1. The number of rotatable bonds is 16. The molecule has 4 N–H and O–H groups in total. The number of nitrogens with zero attached hydrogens (tertiary/aromatic N) is 5. The quantitative estimate of drug-likeness (QED) is 0.0963. The number of fused-ring (bicyclic) bond motifs is 1. The fourth-order valence-corrected chi connectivity index (χ4v) is 6.18. The van der Waals surface area contributed by atoms with E-state index in [1.807, 2.05) is 30.3 Å². The summed E-state index contributed by atoms with van der Waals surface area (Å²) in [5.74, 6) is -3.93. The van der Waals surface area contributed by atoms with Gasteiger partial charge in [-0.15, -0.1) is 0 Å². The molecule has 0 fully saturated rings. The summed E-state index contributed by atoms with van der Waals surface area (Å²) >= 11 is 0. The van der Waals surface area contributed by atoms with Gasteiger partial charge in [-0.3, -0.25) is 9.59 Å². The highest BCUT2D eigenvalue weighted by molar-refractivity contribution is 5.83. The Morgan fingerprint density at radius 3 is 1.93 bits per heavy atom. The zero-order valence-corrected chi connectivity index (χ0v) is 32.6. The maximum atomic E-state index is 14.2. The molecule has 316 valence electrons. The van der Waals surface area contributed by atoms with Gasteiger partial charge in [-0.05, 0) is 78.2 Å². The molecule has 0 spiro atoms. The summed E-state index contributed by atoms with van der Waals surface area (Å²) in [5.41, 5.74) is 2.32. The van der Waals surface area contributed by atoms with E-state index in [4.69, 9.17) is 20.4 Å². The normalized spacial score (nSPS) is 12.3. The Morgan fingerprint density at radius 1 is 0.817 bits per heavy atom. The molecule has 13 nitrogen and oxygen atoms in total. The molecule has 5 rings (SSSR count). The number of carbonyl (C=O) groups excluding carboxylic acids is 1. The van der Waals surface area contributed by atoms with Gasteiger partial charge in [0.1, 0.15) is 24.3 Å². The molecule has 0 saturated carbocycles. The molecule has 0 aliphatic heterocycles. The van der Waals surface area contributed by atoms with Crippen LogP contribution in [0.5, 0.6) is 0 Å². The predicted octanol–water partition coefficient (Wildman–Crippen LogP) is 5.13. The van der Waals surface area contributed by atoms with Crippen molar-refractivity contribution in [3.8, 4) is 17.2 Å². The minimum Gasteiger partial charge on any atom is -0.479 e. The van der Waals surface area contributed by atoms with E-state index in [0.717, 1.165) is 36.3 Å². The number of aryl methyl sites for hydroxylation is 2. The van der Waals surface area contributed by atoms with Crippen molar-refractivity contribution in [2.24, 2.45) is 0 Å². The molecular formula is C43H43F4N5O8. The number of nitriles is 1. The van der Waals surface area contributed by atoms with E-state index in [2.05, 4.69) is 23.7 Å². The number of aliphatic hydroxyl groups is 2. The third-order valence-electron chi connectivity index (χ3n) is 9.66. The number of aliphatic carboxylic acids is 2. The summed E-state index contributed by atoms with van der Waals surface area (Å²) in [6, 6.07) is 25.5. The Morgan fingerprint density at radius 2 is 1.38 bits per heavy atom. The summed E-state index contributed by atoms with van der Waals surface area (Å²) < 4.78 is 54.8. The molecule has 4 aromatic carbocycles. The minimum atomic E-state index is -4.41. The Bertz CT molecular complexity index is 2360. The van der Waals surface area contributed by atoms with Crippen molar-refractivity contribution >= 4 is 28.7 Å². The molecule has 5 aromatic rings. The van der Waals surface area contributed by atoms with Gasteiger partial charge >= 0.3 is 18.1 Å². The molecule has 2 atom stereocenters. The van der Waals surface area contributed by atoms with Crippen LogP contribution in [0.25, 0.3) is 22.0 Å². The number of hydrogen-bond donors (Lipinski definition) is 4. The highest BCUT2D eigenvalue weighted by atomic mass is 19.4. The number of benzene rings is 4. The van der Waals surface area contributed by atoms with Crippen molar-refractivity contribution in [2.45, 2.75) is 58.2 Å². The Kier molecular flexibility index (Phi) is 16.2. The van der Waals surface area contributed by atoms with E-state index in [9.17, 15) is 42.0 Å². The molecular weight excluding hydrogens is 790 g/mol. The predicted molar refractivity (Wildman–Crippen MR) is 212 cm³/mol. The highest BCUT2D eigenvalue weighted by Gasteiger charge is 2.30. The second-order valence-corrected chi connectivity index (χ2v) is 13.5. The number of alkyl halides is 3. The number of carbonyl (C=O) groups is 3. The molecule has 0 radical (unpaired) electrons. The SMILES string of the molecule is CCN(CC)CCN(Cc1ccc(-c2ccc(C(F)(F)F)cc2)cc1)C(=O)Cn1c(CCc2ccc(F)c(C#N)c2)nc(=O)c2ccccc21.O=C(O)[C@H](O)[C@@H](O)C(=O)O. The molecule has 0 unspecified atom stereocenters. The fraction of sp³-hybridized carbons (Fsp3) is 0.302. The number of aliphatic hydroxyl groups excluding tert-OH is 2. The van der Waals surface area contributed by atoms with E-state index in [1.54, 1.807) is 39.8 Å². The topological polar surface area (TPSA) is 197 Å². The van der Waals surface area contributed by atoms with Crippen molar-refractivity contribution < 1.29 is 52.4 Å². The van der Waals surface area contributed by atoms with Gasteiger partial charge < -0.3 is 34.8 Å². The maximum absolute atomic E-state index is 14.2. The molecule has 1 heterocycles. The van der Waals surface area contributed by atoms with Gasteiger partial charge in [0.15, 0.2) is 12.2 Å². The number of likely N-dealkylation sites (N-methyl/N-ethyl adjacent to an activating group) is 1. The number of halogens is 4. The van der Waals surface area contributed by atoms with Crippen LogP contribution in [0, 0.1) is 17.1 Å². The Labute approximate surface area is 342 Å². The van der Waals surface area contributed by atoms with E-state index < -0.39 is 47.3 Å². The van der Waals surface area contributed by atoms with E-state index in [0.29, 0.717) is 53.9 Å². The lowest BCUT2D eigenvalue weighted by Crippen LogP contribution is -2.40. The van der Waals surface area contributed by atoms with E-state index >= 15 is 0 Å². The maximum Gasteiger partial charge on any atom is 0.416 e. The third-order valence-corrected chi connectivity index (χ3v) is 9.66. The highest BCUT2D eigenvalue weighted by Crippen LogP contribution is 2.31. The van der Waals surface area contributed by atoms with Crippen LogP contribution in [0.1, 0.15) is 41.9 Å². The average Bonchev–Trinajstić information content (AvgIpc) is 3.23. The van der Waals surface area contributed by atoms with Gasteiger partial charge in [-0.2, -0.15) is 23.4 Å². The van der Waals surface area contributed by atoms with Gasteiger partial charge in [-0.1, -0.05) is 68.4 Å². The van der Waals surface area contributed by atoms with Gasteiger partial charge in [-0.25, -0.2) is 14.0 Å². The first-order valence-corrected chi connectivity index (χ1v) is 18.7. The minimum absolute atomic E-state index is 0.0715. The van der Waals surface area contributed by atoms with Crippen molar-refractivity contribution in [2.75, 3.05) is 26.2 Å². The van der Waals surface area contributed by atoms with Crippen LogP contribution in [0.3, 0.4) is 0 Å². The summed E-state index contributed by atoms with van der Waals surface area (Å²) in [4.78, 5) is 55.1. The van der Waals surface area contributed by atoms with Gasteiger partial charge in [0.2, 0.25) is 5.91 Å². The van der Waals surface area contributed by atoms with Crippen molar-refractivity contribution in [1.29, 1.82) is 5.26 Å². The average molecular weight is 834 g/mol. The lowest BCUT2D eigenvalue weighted by molar-refractivity contribution is -0.165. The second-order valence-electron chi connectivity index (χ2n) is 13.5. The van der Waals surface area contributed by atoms with Crippen LogP contribution in [-0.4, -0.2) is 96.0 Å². The number of carboxylic acids is 2. The first-order chi connectivity index (χ1) is 28.5. The third kappa shape index (κ3) is 12.3. The largest absolute Gasteiger partial charge is 0.479 e. The molecule has 0 saturated heterocycles. The van der Waals surface area contributed by atoms with Gasteiger partial charge in [0.05, 0.1) is 22.0 Å². The summed E-state index contributed by atoms with van der Waals surface area (Å²) in [6.45, 7) is 7.03. The zero-order chi connectivity index (χ0) is 44.1. The smallest absolute Gasteiger partial charge is 0.416 e. The van der Waals surface area contributed by atoms with Crippen LogP contribution in [0.4, 0.5) is 17.6 Å². The van der Waals surface area contributed by atoms with Gasteiger partial charge in [0.25, 0.3) is 5.56 Å². The molecule has 1 aromatic heterocycles. The van der Waals surface area contributed by atoms with Crippen molar-refractivity contribution in [3.63, 3.8) is 0 Å². The fourth-order valence-electron chi connectivity index (χ4n) is 6.18. The number of aromatic nitrogens is 2. The molecule has 1 amide bonds. The zero-order valence-electron chi connectivity index (χ0n) is 32.6. The van der Waals surface area contributed by atoms with Crippen molar-refractivity contribution in [3.05, 3.63) is 135 Å². The Hall–Kier alpha value is -6.48.